The number of aliphatic carboxylic acids is 2. The molecule has 1 saturated carbocycles. The van der Waals surface area contributed by atoms with E-state index in [0.29, 0.717) is 5.92 Å². The summed E-state index contributed by atoms with van der Waals surface area (Å²) in [6.07, 6.45) is 8.73. The molecule has 0 bridgehead atoms. The van der Waals surface area contributed by atoms with Gasteiger partial charge in [0.15, 0.2) is 0 Å². The van der Waals surface area contributed by atoms with Gasteiger partial charge in [0.1, 0.15) is 0 Å². The number of hydrogen-bond donors (Lipinski definition) is 2. The Morgan fingerprint density at radius 3 is 2.54 bits per heavy atom. The van der Waals surface area contributed by atoms with E-state index >= 15 is 0 Å². The molecule has 4 nitrogen and oxygen atoms in total. The highest BCUT2D eigenvalue weighted by Crippen LogP contribution is 2.60. The molecule has 4 atom stereocenters. The van der Waals surface area contributed by atoms with Gasteiger partial charge in [0, 0.05) is 6.08 Å². The lowest BCUT2D eigenvalue weighted by atomic mass is 9.47. The Bertz CT molecular complexity index is 588. The van der Waals surface area contributed by atoms with Gasteiger partial charge in [-0.3, -0.25) is 4.79 Å². The van der Waals surface area contributed by atoms with Crippen molar-refractivity contribution in [1.29, 1.82) is 0 Å². The third kappa shape index (κ3) is 3.28. The molecule has 2 aliphatic rings. The van der Waals surface area contributed by atoms with Crippen LogP contribution in [0.3, 0.4) is 0 Å². The fourth-order valence-corrected chi connectivity index (χ4v) is 5.29. The third-order valence-corrected chi connectivity index (χ3v) is 6.68. The van der Waals surface area contributed by atoms with Crippen molar-refractivity contribution in [2.45, 2.75) is 66.2 Å². The monoisotopic (exact) mass is 334 g/mol. The van der Waals surface area contributed by atoms with Crippen LogP contribution in [0.4, 0.5) is 0 Å². The first-order valence-electron chi connectivity index (χ1n) is 8.91. The second kappa shape index (κ2) is 6.73. The molecule has 0 aromatic carbocycles. The van der Waals surface area contributed by atoms with E-state index in [9.17, 15) is 14.7 Å². The molecule has 0 saturated heterocycles. The van der Waals surface area contributed by atoms with Gasteiger partial charge in [0.25, 0.3) is 0 Å². The molecule has 24 heavy (non-hydrogen) atoms. The van der Waals surface area contributed by atoms with E-state index in [1.165, 1.54) is 11.6 Å². The molecule has 1 fully saturated rings. The van der Waals surface area contributed by atoms with Gasteiger partial charge in [-0.25, -0.2) is 4.79 Å². The Morgan fingerprint density at radius 1 is 1.29 bits per heavy atom. The first-order chi connectivity index (χ1) is 11.1. The highest BCUT2D eigenvalue weighted by molar-refractivity contribution is 5.80. The zero-order valence-electron chi connectivity index (χ0n) is 15.3. The van der Waals surface area contributed by atoms with Crippen LogP contribution in [0.1, 0.15) is 66.2 Å². The zero-order chi connectivity index (χ0) is 18.1. The van der Waals surface area contributed by atoms with Crippen LogP contribution < -0.4 is 0 Å². The second-order valence-corrected chi connectivity index (χ2v) is 8.24. The van der Waals surface area contributed by atoms with Gasteiger partial charge in [-0.05, 0) is 70.1 Å². The number of rotatable bonds is 5. The lowest BCUT2D eigenvalue weighted by Gasteiger charge is -2.56. The number of carboxylic acids is 2. The quantitative estimate of drug-likeness (QED) is 0.566. The molecule has 134 valence electrons. The van der Waals surface area contributed by atoms with Crippen LogP contribution in [0.25, 0.3) is 0 Å². The molecule has 2 rings (SSSR count). The molecule has 0 aliphatic heterocycles. The minimum absolute atomic E-state index is 0.0201. The normalized spacial score (nSPS) is 36.7. The van der Waals surface area contributed by atoms with Crippen LogP contribution in [0.2, 0.25) is 0 Å². The fourth-order valence-electron chi connectivity index (χ4n) is 5.29. The van der Waals surface area contributed by atoms with E-state index in [2.05, 4.69) is 19.9 Å². The Kier molecular flexibility index (Phi) is 5.26. The van der Waals surface area contributed by atoms with E-state index in [1.54, 1.807) is 0 Å². The second-order valence-electron chi connectivity index (χ2n) is 8.24. The third-order valence-electron chi connectivity index (χ3n) is 6.68. The summed E-state index contributed by atoms with van der Waals surface area (Å²) in [7, 11) is 0. The molecule has 2 aliphatic carbocycles. The largest absolute Gasteiger partial charge is 0.481 e. The molecule has 0 heterocycles. The number of fused-ring (bicyclic) bond motifs is 1. The lowest BCUT2D eigenvalue weighted by molar-refractivity contribution is -0.162. The fraction of sp³-hybridized carbons (Fsp3) is 0.700. The highest BCUT2D eigenvalue weighted by Gasteiger charge is 2.56. The summed E-state index contributed by atoms with van der Waals surface area (Å²) in [5.74, 6) is -1.10. The minimum Gasteiger partial charge on any atom is -0.481 e. The first-order valence-corrected chi connectivity index (χ1v) is 8.91. The average molecular weight is 334 g/mol. The molecule has 0 aromatic heterocycles. The highest BCUT2D eigenvalue weighted by atomic mass is 16.4. The number of hydrogen-bond acceptors (Lipinski definition) is 2. The van der Waals surface area contributed by atoms with Crippen LogP contribution in [-0.2, 0) is 9.59 Å². The summed E-state index contributed by atoms with van der Waals surface area (Å²) >= 11 is 0. The molecule has 0 radical (unpaired) electrons. The van der Waals surface area contributed by atoms with Crippen LogP contribution in [0, 0.1) is 22.7 Å². The minimum atomic E-state index is -0.899. The number of carboxylic acid groups (broad SMARTS) is 2. The van der Waals surface area contributed by atoms with Crippen molar-refractivity contribution in [1.82, 2.24) is 0 Å². The Balaban J connectivity index is 2.28. The topological polar surface area (TPSA) is 74.6 Å². The van der Waals surface area contributed by atoms with E-state index in [-0.39, 0.29) is 11.3 Å². The zero-order valence-corrected chi connectivity index (χ0v) is 15.3. The van der Waals surface area contributed by atoms with E-state index in [4.69, 9.17) is 5.11 Å². The summed E-state index contributed by atoms with van der Waals surface area (Å²) < 4.78 is 0. The summed E-state index contributed by atoms with van der Waals surface area (Å²) in [5.41, 5.74) is 1.53. The van der Waals surface area contributed by atoms with Crippen molar-refractivity contribution in [2.75, 3.05) is 0 Å². The van der Waals surface area contributed by atoms with Crippen molar-refractivity contribution < 1.29 is 19.8 Å². The van der Waals surface area contributed by atoms with Crippen molar-refractivity contribution in [3.63, 3.8) is 0 Å². The Morgan fingerprint density at radius 2 is 1.96 bits per heavy atom. The van der Waals surface area contributed by atoms with Crippen LogP contribution in [-0.4, -0.2) is 22.2 Å². The molecule has 4 heteroatoms. The van der Waals surface area contributed by atoms with Crippen molar-refractivity contribution in [2.24, 2.45) is 22.7 Å². The maximum Gasteiger partial charge on any atom is 0.328 e. The predicted molar refractivity (Wildman–Crippen MR) is 93.7 cm³/mol. The maximum absolute atomic E-state index is 12.0. The molecule has 0 amide bonds. The average Bonchev–Trinajstić information content (AvgIpc) is 2.45. The van der Waals surface area contributed by atoms with Crippen LogP contribution >= 0.6 is 0 Å². The van der Waals surface area contributed by atoms with Crippen molar-refractivity contribution in [3.8, 4) is 0 Å². The maximum atomic E-state index is 12.0. The van der Waals surface area contributed by atoms with Gasteiger partial charge < -0.3 is 10.2 Å². The number of carbonyl (C=O) groups is 2. The van der Waals surface area contributed by atoms with Gasteiger partial charge in [0.05, 0.1) is 5.41 Å². The SMILES string of the molecule is CC1=CC[C@H]2[C@](C)(CCC[C@@]2(C)C(=O)O)[C@H]1CC/C(C)=C\C(=O)O. The standard InChI is InChI=1S/C20H30O4/c1-13(12-17(21)22)6-8-15-14(2)7-9-16-19(15,3)10-5-11-20(16,4)18(23)24/h7,12,15-16H,5-6,8-11H2,1-4H3,(H,21,22)(H,23,24)/b13-12-/t15-,16-,19+,20+/m0/s1. The first kappa shape index (κ1) is 18.8. The van der Waals surface area contributed by atoms with E-state index < -0.39 is 17.4 Å². The summed E-state index contributed by atoms with van der Waals surface area (Å²) in [6.45, 7) is 8.18. The van der Waals surface area contributed by atoms with Crippen LogP contribution in [0.15, 0.2) is 23.3 Å². The summed E-state index contributed by atoms with van der Waals surface area (Å²) in [6, 6.07) is 0. The summed E-state index contributed by atoms with van der Waals surface area (Å²) in [5, 5.41) is 18.7. The Labute approximate surface area is 144 Å². The van der Waals surface area contributed by atoms with Gasteiger partial charge in [-0.2, -0.15) is 0 Å². The van der Waals surface area contributed by atoms with E-state index in [1.807, 2.05) is 13.8 Å². The van der Waals surface area contributed by atoms with Gasteiger partial charge in [-0.15, -0.1) is 0 Å². The number of allylic oxidation sites excluding steroid dienone is 3. The summed E-state index contributed by atoms with van der Waals surface area (Å²) in [4.78, 5) is 22.8. The molecular weight excluding hydrogens is 304 g/mol. The molecular formula is C20H30O4. The van der Waals surface area contributed by atoms with Crippen molar-refractivity contribution >= 4 is 11.9 Å². The molecule has 0 aromatic rings. The van der Waals surface area contributed by atoms with Crippen LogP contribution in [0.5, 0.6) is 0 Å². The van der Waals surface area contributed by atoms with Gasteiger partial charge in [-0.1, -0.05) is 30.6 Å². The molecule has 0 unspecified atom stereocenters. The van der Waals surface area contributed by atoms with Gasteiger partial charge in [0.2, 0.25) is 0 Å². The predicted octanol–water partition coefficient (Wildman–Crippen LogP) is 4.66. The van der Waals surface area contributed by atoms with E-state index in [0.717, 1.165) is 44.1 Å². The smallest absolute Gasteiger partial charge is 0.328 e. The van der Waals surface area contributed by atoms with Gasteiger partial charge >= 0.3 is 11.9 Å². The molecule has 0 spiro atoms. The van der Waals surface area contributed by atoms with Crippen molar-refractivity contribution in [3.05, 3.63) is 23.3 Å². The Hall–Kier alpha value is -1.58. The molecule has 2 N–H and O–H groups in total. The lowest BCUT2D eigenvalue weighted by Crippen LogP contribution is -2.52.